The highest BCUT2D eigenvalue weighted by Gasteiger charge is 2.19. The molecule has 0 saturated heterocycles. The topological polar surface area (TPSA) is 20.3 Å². The molecule has 3 rings (SSSR count). The van der Waals surface area contributed by atoms with Gasteiger partial charge in [-0.1, -0.05) is 36.4 Å². The number of hydrogen-bond donors (Lipinski definition) is 0. The van der Waals surface area contributed by atoms with Crippen molar-refractivity contribution in [1.29, 1.82) is 0 Å². The van der Waals surface area contributed by atoms with Crippen molar-refractivity contribution in [2.24, 2.45) is 0 Å². The van der Waals surface area contributed by atoms with Gasteiger partial charge in [0.05, 0.1) is 0 Å². The van der Waals surface area contributed by atoms with Gasteiger partial charge in [0, 0.05) is 18.5 Å². The van der Waals surface area contributed by atoms with Crippen LogP contribution in [-0.2, 0) is 6.42 Å². The zero-order valence-corrected chi connectivity index (χ0v) is 13.2. The molecule has 0 heterocycles. The number of halogens is 1. The van der Waals surface area contributed by atoms with Gasteiger partial charge >= 0.3 is 0 Å². The maximum absolute atomic E-state index is 12.2. The summed E-state index contributed by atoms with van der Waals surface area (Å²) in [6.45, 7) is 0.802. The first kappa shape index (κ1) is 15.7. The molecule has 0 bridgehead atoms. The number of rotatable bonds is 4. The van der Waals surface area contributed by atoms with Gasteiger partial charge in [-0.3, -0.25) is 4.79 Å². The second kappa shape index (κ2) is 6.42. The van der Waals surface area contributed by atoms with Gasteiger partial charge in [-0.05, 0) is 48.8 Å². The minimum absolute atomic E-state index is 0. The van der Waals surface area contributed by atoms with Crippen LogP contribution in [0.2, 0.25) is 0 Å². The highest BCUT2D eigenvalue weighted by atomic mass is 35.5. The van der Waals surface area contributed by atoms with E-state index in [0.717, 1.165) is 18.5 Å². The molecule has 1 aliphatic carbocycles. The molecule has 21 heavy (non-hydrogen) atoms. The van der Waals surface area contributed by atoms with E-state index < -0.39 is 0 Å². The fraction of sp³-hybridized carbons (Fsp3) is 0.278. The fourth-order valence-electron chi connectivity index (χ4n) is 2.79. The molecule has 0 amide bonds. The molecule has 0 aliphatic heterocycles. The third kappa shape index (κ3) is 3.17. The normalized spacial score (nSPS) is 11.8. The predicted octanol–water partition coefficient (Wildman–Crippen LogP) is 3.81. The predicted molar refractivity (Wildman–Crippen MR) is 89.4 cm³/mol. The number of carbonyl (C=O) groups excluding carboxylic acids is 1. The highest BCUT2D eigenvalue weighted by Crippen LogP contribution is 2.36. The molecule has 110 valence electrons. The highest BCUT2D eigenvalue weighted by molar-refractivity contribution is 5.97. The molecule has 0 radical (unpaired) electrons. The summed E-state index contributed by atoms with van der Waals surface area (Å²) in [5.74, 6) is 0.234. The zero-order valence-electron chi connectivity index (χ0n) is 12.4. The van der Waals surface area contributed by atoms with E-state index >= 15 is 0 Å². The van der Waals surface area contributed by atoms with Crippen molar-refractivity contribution in [3.8, 4) is 11.1 Å². The quantitative estimate of drug-likeness (QED) is 0.683. The molecule has 0 spiro atoms. The summed E-state index contributed by atoms with van der Waals surface area (Å²) in [5, 5.41) is 0. The van der Waals surface area contributed by atoms with Gasteiger partial charge in [-0.2, -0.15) is 0 Å². The Hall–Kier alpha value is -1.64. The van der Waals surface area contributed by atoms with Crippen LogP contribution in [0.4, 0.5) is 0 Å². The van der Waals surface area contributed by atoms with E-state index in [2.05, 4.69) is 36.4 Å². The molecule has 2 nitrogen and oxygen atoms in total. The largest absolute Gasteiger partial charge is 0.309 e. The molecule has 0 aromatic heterocycles. The van der Waals surface area contributed by atoms with E-state index in [1.54, 1.807) is 0 Å². The van der Waals surface area contributed by atoms with Crippen LogP contribution in [0.25, 0.3) is 11.1 Å². The zero-order chi connectivity index (χ0) is 14.1. The molecule has 2 aromatic carbocycles. The Labute approximate surface area is 132 Å². The van der Waals surface area contributed by atoms with Crippen LogP contribution in [0.5, 0.6) is 0 Å². The summed E-state index contributed by atoms with van der Waals surface area (Å²) in [6, 6.07) is 14.6. The Morgan fingerprint density at radius 1 is 1.05 bits per heavy atom. The van der Waals surface area contributed by atoms with Crippen molar-refractivity contribution in [3.63, 3.8) is 0 Å². The van der Waals surface area contributed by atoms with Crippen molar-refractivity contribution in [2.75, 3.05) is 20.6 Å². The number of ketones is 1. The lowest BCUT2D eigenvalue weighted by molar-refractivity contribution is 0.0972. The maximum Gasteiger partial charge on any atom is 0.164 e. The van der Waals surface area contributed by atoms with Crippen LogP contribution in [-0.4, -0.2) is 31.3 Å². The Morgan fingerprint density at radius 2 is 1.76 bits per heavy atom. The molecular weight excluding hydrogens is 282 g/mol. The summed E-state index contributed by atoms with van der Waals surface area (Å²) in [4.78, 5) is 14.2. The Morgan fingerprint density at radius 3 is 2.52 bits per heavy atom. The minimum Gasteiger partial charge on any atom is -0.309 e. The van der Waals surface area contributed by atoms with Crippen LogP contribution in [0.1, 0.15) is 27.9 Å². The molecular formula is C18H20ClNO. The van der Waals surface area contributed by atoms with Crippen LogP contribution in [0, 0.1) is 0 Å². The van der Waals surface area contributed by atoms with Gasteiger partial charge in [0.15, 0.2) is 5.78 Å². The first-order valence-electron chi connectivity index (χ1n) is 7.04. The molecule has 0 atom stereocenters. The van der Waals surface area contributed by atoms with Gasteiger partial charge in [-0.15, -0.1) is 12.4 Å². The maximum atomic E-state index is 12.2. The van der Waals surface area contributed by atoms with Crippen LogP contribution < -0.4 is 0 Å². The molecule has 1 aliphatic rings. The van der Waals surface area contributed by atoms with Gasteiger partial charge in [0.25, 0.3) is 0 Å². The van der Waals surface area contributed by atoms with E-state index in [4.69, 9.17) is 0 Å². The molecule has 0 fully saturated rings. The van der Waals surface area contributed by atoms with Crippen LogP contribution in [0.3, 0.4) is 0 Å². The lowest BCUT2D eigenvalue weighted by Gasteiger charge is -2.09. The molecule has 2 aromatic rings. The van der Waals surface area contributed by atoms with E-state index in [0.29, 0.717) is 6.42 Å². The molecule has 0 N–H and O–H groups in total. The van der Waals surface area contributed by atoms with Crippen molar-refractivity contribution in [3.05, 3.63) is 59.2 Å². The minimum atomic E-state index is 0. The summed E-state index contributed by atoms with van der Waals surface area (Å²) in [6.07, 6.45) is 1.53. The second-order valence-electron chi connectivity index (χ2n) is 5.68. The monoisotopic (exact) mass is 301 g/mol. The molecule has 3 heteroatoms. The fourth-order valence-corrected chi connectivity index (χ4v) is 2.79. The Kier molecular flexibility index (Phi) is 4.81. The van der Waals surface area contributed by atoms with Crippen molar-refractivity contribution in [2.45, 2.75) is 12.8 Å². The summed E-state index contributed by atoms with van der Waals surface area (Å²) in [5.41, 5.74) is 6.08. The number of fused-ring (bicyclic) bond motifs is 3. The van der Waals surface area contributed by atoms with Gasteiger partial charge in [-0.25, -0.2) is 0 Å². The number of nitrogens with zero attached hydrogens (tertiary/aromatic N) is 1. The van der Waals surface area contributed by atoms with E-state index in [-0.39, 0.29) is 18.2 Å². The summed E-state index contributed by atoms with van der Waals surface area (Å²) < 4.78 is 0. The van der Waals surface area contributed by atoms with Crippen molar-refractivity contribution in [1.82, 2.24) is 4.90 Å². The first-order chi connectivity index (χ1) is 9.65. The number of carbonyl (C=O) groups is 1. The number of benzene rings is 2. The standard InChI is InChI=1S/C18H19NO.ClH/c1-19(2)10-9-18(20)14-7-8-17-15(12-14)11-13-5-3-4-6-16(13)17;/h3-8,12H,9-11H2,1-2H3;1H. The van der Waals surface area contributed by atoms with Crippen LogP contribution in [0.15, 0.2) is 42.5 Å². The van der Waals surface area contributed by atoms with Gasteiger partial charge < -0.3 is 4.90 Å². The Balaban J connectivity index is 0.00000161. The van der Waals surface area contributed by atoms with Gasteiger partial charge in [0.1, 0.15) is 0 Å². The lowest BCUT2D eigenvalue weighted by Crippen LogP contribution is -2.16. The SMILES string of the molecule is CN(C)CCC(=O)c1ccc2c(c1)Cc1ccccc1-2.Cl. The smallest absolute Gasteiger partial charge is 0.164 e. The third-order valence-corrected chi connectivity index (χ3v) is 3.90. The van der Waals surface area contributed by atoms with Crippen molar-refractivity contribution >= 4 is 18.2 Å². The Bertz CT molecular complexity index is 664. The lowest BCUT2D eigenvalue weighted by atomic mass is 10.0. The van der Waals surface area contributed by atoms with Crippen LogP contribution >= 0.6 is 12.4 Å². The van der Waals surface area contributed by atoms with E-state index in [9.17, 15) is 4.79 Å². The number of hydrogen-bond acceptors (Lipinski definition) is 2. The third-order valence-electron chi connectivity index (χ3n) is 3.90. The number of Topliss-reactive ketones (excluding diaryl/α,β-unsaturated/α-hetero) is 1. The second-order valence-corrected chi connectivity index (χ2v) is 5.68. The van der Waals surface area contributed by atoms with E-state index in [1.165, 1.54) is 22.3 Å². The summed E-state index contributed by atoms with van der Waals surface area (Å²) in [7, 11) is 3.99. The first-order valence-corrected chi connectivity index (χ1v) is 7.04. The molecule has 0 unspecified atom stereocenters. The van der Waals surface area contributed by atoms with Gasteiger partial charge in [0.2, 0.25) is 0 Å². The van der Waals surface area contributed by atoms with E-state index in [1.807, 2.05) is 25.1 Å². The van der Waals surface area contributed by atoms with Crippen molar-refractivity contribution < 1.29 is 4.79 Å². The summed E-state index contributed by atoms with van der Waals surface area (Å²) >= 11 is 0. The molecule has 0 saturated carbocycles. The average molecular weight is 302 g/mol. The average Bonchev–Trinajstić information content (AvgIpc) is 2.82.